The monoisotopic (exact) mass is 528 g/mol. The predicted molar refractivity (Wildman–Crippen MR) is 138 cm³/mol. The van der Waals surface area contributed by atoms with Gasteiger partial charge in [-0.15, -0.1) is 0 Å². The van der Waals surface area contributed by atoms with E-state index in [0.29, 0.717) is 11.5 Å². The Hall–Kier alpha value is 0.456. The minimum atomic E-state index is -2.25. The van der Waals surface area contributed by atoms with E-state index in [1.807, 2.05) is 0 Å². The van der Waals surface area contributed by atoms with Crippen molar-refractivity contribution in [2.45, 2.75) is 131 Å². The van der Waals surface area contributed by atoms with Crippen LogP contribution in [0.5, 0.6) is 0 Å². The molecular weight excluding hydrogens is 475 g/mol. The van der Waals surface area contributed by atoms with E-state index in [2.05, 4.69) is 69.7 Å². The van der Waals surface area contributed by atoms with Crippen LogP contribution in [0.15, 0.2) is 22.3 Å². The van der Waals surface area contributed by atoms with Gasteiger partial charge in [0.1, 0.15) is 0 Å². The summed E-state index contributed by atoms with van der Waals surface area (Å²) in [5.41, 5.74) is 0.376. The molecule has 170 valence electrons. The van der Waals surface area contributed by atoms with E-state index in [0.717, 1.165) is 0 Å². The van der Waals surface area contributed by atoms with Gasteiger partial charge in [0.05, 0.1) is 0 Å². The molecule has 0 radical (unpaired) electrons. The summed E-state index contributed by atoms with van der Waals surface area (Å²) in [6, 6.07) is 0. The van der Waals surface area contributed by atoms with Gasteiger partial charge in [-0.25, -0.2) is 0 Å². The molecule has 0 aromatic carbocycles. The maximum absolute atomic E-state index is 6.90. The number of unbranched alkanes of at least 4 members (excludes halogenated alkanes) is 3. The van der Waals surface area contributed by atoms with Crippen molar-refractivity contribution < 1.29 is 4.43 Å². The fourth-order valence-electron chi connectivity index (χ4n) is 4.84. The van der Waals surface area contributed by atoms with Crippen molar-refractivity contribution in [1.82, 2.24) is 0 Å². The molecule has 0 aromatic heterocycles. The van der Waals surface area contributed by atoms with Gasteiger partial charge in [0, 0.05) is 0 Å². The Morgan fingerprint density at radius 2 is 1.45 bits per heavy atom. The van der Waals surface area contributed by atoms with Gasteiger partial charge < -0.3 is 0 Å². The molecule has 1 nitrogen and oxygen atoms in total. The van der Waals surface area contributed by atoms with E-state index < -0.39 is 26.7 Å². The molecule has 0 aliphatic heterocycles. The third-order valence-corrected chi connectivity index (χ3v) is 22.0. The van der Waals surface area contributed by atoms with Crippen molar-refractivity contribution in [3.05, 3.63) is 22.3 Å². The van der Waals surface area contributed by atoms with Crippen LogP contribution in [0, 0.1) is 5.41 Å². The van der Waals surface area contributed by atoms with Gasteiger partial charge in [0.25, 0.3) is 0 Å². The topological polar surface area (TPSA) is 9.23 Å². The van der Waals surface area contributed by atoms with Crippen molar-refractivity contribution in [2.24, 2.45) is 5.41 Å². The predicted octanol–water partition coefficient (Wildman–Crippen LogP) is 9.29. The fraction of sp³-hybridized carbons (Fsp3) is 0.846. The summed E-state index contributed by atoms with van der Waals surface area (Å²) in [5, 5.41) is 0. The summed E-state index contributed by atoms with van der Waals surface area (Å²) in [4.78, 5) is 0. The van der Waals surface area contributed by atoms with Crippen LogP contribution in [0.4, 0.5) is 0 Å². The summed E-state index contributed by atoms with van der Waals surface area (Å²) < 4.78 is 14.5. The Morgan fingerprint density at radius 3 is 1.79 bits per heavy atom. The molecule has 0 heterocycles. The molecule has 1 fully saturated rings. The van der Waals surface area contributed by atoms with Crippen molar-refractivity contribution in [2.75, 3.05) is 0 Å². The Kier molecular flexibility index (Phi) is 13.1. The summed E-state index contributed by atoms with van der Waals surface area (Å²) in [6.45, 7) is 16.4. The van der Waals surface area contributed by atoms with Gasteiger partial charge >= 0.3 is 190 Å². The van der Waals surface area contributed by atoms with Crippen LogP contribution in [0.1, 0.15) is 91.9 Å². The first kappa shape index (κ1) is 27.5. The third-order valence-electron chi connectivity index (χ3n) is 6.90. The zero-order chi connectivity index (χ0) is 21.8. The summed E-state index contributed by atoms with van der Waals surface area (Å²) in [6.07, 6.45) is 21.3. The van der Waals surface area contributed by atoms with E-state index in [9.17, 15) is 0 Å². The second kappa shape index (κ2) is 13.8. The molecule has 1 aliphatic rings. The van der Waals surface area contributed by atoms with Gasteiger partial charge in [-0.05, 0) is 0 Å². The summed E-state index contributed by atoms with van der Waals surface area (Å²) >= 11 is -2.25. The van der Waals surface area contributed by atoms with Crippen molar-refractivity contribution >= 4 is 26.7 Å². The molecule has 0 N–H and O–H groups in total. The van der Waals surface area contributed by atoms with E-state index in [4.69, 9.17) is 4.43 Å². The zero-order valence-electron chi connectivity index (χ0n) is 21.0. The van der Waals surface area contributed by atoms with Crippen LogP contribution in [0.2, 0.25) is 33.0 Å². The van der Waals surface area contributed by atoms with Crippen molar-refractivity contribution in [3.8, 4) is 0 Å². The molecule has 3 heteroatoms. The van der Waals surface area contributed by atoms with Gasteiger partial charge in [-0.2, -0.15) is 0 Å². The normalized spacial score (nSPS) is 18.4. The molecule has 0 bridgehead atoms. The van der Waals surface area contributed by atoms with Crippen molar-refractivity contribution in [1.29, 1.82) is 0 Å². The summed E-state index contributed by atoms with van der Waals surface area (Å²) in [5.74, 6) is 0. The van der Waals surface area contributed by atoms with Gasteiger partial charge in [0.2, 0.25) is 0 Å². The Bertz CT molecular complexity index is 466. The first-order valence-electron chi connectivity index (χ1n) is 12.7. The average molecular weight is 527 g/mol. The van der Waals surface area contributed by atoms with Gasteiger partial charge in [-0.1, -0.05) is 0 Å². The molecular formula is C26H52OSiSn. The molecule has 0 saturated heterocycles. The standard InChI is InChI=1S/C14H25OSi.3C4H9.Sn/c1-6-8-10-14(11-9-12-14)13(7-2)15-16(3,4)5;3*1-3-4-2;/h2,6-8,13H,9-12H2,1,3-5H3;3*1,3-4H2,2H3;/b7-2?,8-6-;;;;. The molecule has 1 atom stereocenters. The molecule has 1 rings (SSSR count). The Balaban J connectivity index is 3.18. The summed E-state index contributed by atoms with van der Waals surface area (Å²) in [7, 11) is -1.58. The van der Waals surface area contributed by atoms with Crippen LogP contribution in [0.25, 0.3) is 0 Å². The van der Waals surface area contributed by atoms with Crippen LogP contribution >= 0.6 is 0 Å². The number of allylic oxidation sites excluding steroid dienone is 2. The zero-order valence-corrected chi connectivity index (χ0v) is 24.8. The van der Waals surface area contributed by atoms with E-state index >= 15 is 0 Å². The first-order valence-corrected chi connectivity index (χ1v) is 23.9. The number of rotatable bonds is 16. The van der Waals surface area contributed by atoms with Crippen LogP contribution in [0.3, 0.4) is 0 Å². The molecule has 0 amide bonds. The second-order valence-electron chi connectivity index (χ2n) is 10.7. The molecule has 0 spiro atoms. The van der Waals surface area contributed by atoms with Gasteiger partial charge in [-0.3, -0.25) is 0 Å². The van der Waals surface area contributed by atoms with E-state index in [-0.39, 0.29) is 0 Å². The molecule has 1 aliphatic carbocycles. The van der Waals surface area contributed by atoms with E-state index in [1.165, 1.54) is 64.2 Å². The SMILES string of the molecule is C/C=C\CC1(C(/C=[CH]/[Sn]([CH2]CCC)([CH2]CCC)[CH2]CCC)O[Si](C)(C)C)CCC1. The third kappa shape index (κ3) is 9.64. The van der Waals surface area contributed by atoms with Crippen LogP contribution < -0.4 is 0 Å². The molecule has 29 heavy (non-hydrogen) atoms. The Morgan fingerprint density at radius 1 is 0.931 bits per heavy atom. The van der Waals surface area contributed by atoms with Crippen LogP contribution in [-0.4, -0.2) is 32.8 Å². The number of hydrogen-bond donors (Lipinski definition) is 0. The van der Waals surface area contributed by atoms with E-state index in [1.54, 1.807) is 13.3 Å². The van der Waals surface area contributed by atoms with Crippen LogP contribution in [-0.2, 0) is 4.43 Å². The molecule has 1 saturated carbocycles. The average Bonchev–Trinajstić information content (AvgIpc) is 2.64. The second-order valence-corrected chi connectivity index (χ2v) is 28.1. The molecule has 0 aromatic rings. The first-order chi connectivity index (χ1) is 13.8. The fourth-order valence-corrected chi connectivity index (χ4v) is 20.2. The Labute approximate surface area is 189 Å². The van der Waals surface area contributed by atoms with Crippen molar-refractivity contribution in [3.63, 3.8) is 0 Å². The minimum absolute atomic E-state index is 0.347. The van der Waals surface area contributed by atoms with Gasteiger partial charge in [0.15, 0.2) is 0 Å². The quantitative estimate of drug-likeness (QED) is 0.144. The maximum atomic E-state index is 6.90. The molecule has 1 unspecified atom stereocenters. The number of hydrogen-bond acceptors (Lipinski definition) is 1.